The summed E-state index contributed by atoms with van der Waals surface area (Å²) in [5, 5.41) is 12.4. The summed E-state index contributed by atoms with van der Waals surface area (Å²) in [6.07, 6.45) is 0. The Morgan fingerprint density at radius 3 is 2.17 bits per heavy atom. The molecule has 0 aliphatic carbocycles. The number of hydrogen-bond acceptors (Lipinski definition) is 4. The van der Waals surface area contributed by atoms with Crippen LogP contribution in [0.25, 0.3) is 10.1 Å². The van der Waals surface area contributed by atoms with Crippen LogP contribution in [0.2, 0.25) is 0 Å². The van der Waals surface area contributed by atoms with Crippen molar-refractivity contribution in [1.82, 2.24) is 0 Å². The van der Waals surface area contributed by atoms with Crippen molar-refractivity contribution >= 4 is 38.8 Å². The van der Waals surface area contributed by atoms with E-state index in [1.54, 1.807) is 23.5 Å². The molecule has 0 bridgehead atoms. The molecule has 0 spiro atoms. The molecule has 0 atom stereocenters. The zero-order valence-electron chi connectivity index (χ0n) is 13.2. The molecule has 0 amide bonds. The Morgan fingerprint density at radius 1 is 0.875 bits per heavy atom. The highest BCUT2D eigenvalue weighted by Gasteiger charge is 2.18. The number of thiophene rings is 1. The van der Waals surface area contributed by atoms with Gasteiger partial charge in [-0.05, 0) is 59.3 Å². The van der Waals surface area contributed by atoms with Crippen molar-refractivity contribution in [1.29, 1.82) is 0 Å². The largest absolute Gasteiger partial charge is 0.478 e. The topological polar surface area (TPSA) is 43.8 Å². The quantitative estimate of drug-likeness (QED) is 0.786. The third kappa shape index (κ3) is 2.83. The van der Waals surface area contributed by atoms with Crippen molar-refractivity contribution in [2.45, 2.75) is 0 Å². The van der Waals surface area contributed by atoms with Gasteiger partial charge in [0.2, 0.25) is 0 Å². The van der Waals surface area contributed by atoms with Gasteiger partial charge in [0.1, 0.15) is 0 Å². The molecule has 1 N–H and O–H groups in total. The summed E-state index contributed by atoms with van der Waals surface area (Å²) in [7, 11) is 0. The third-order valence-electron chi connectivity index (χ3n) is 4.56. The Labute approximate surface area is 144 Å². The third-order valence-corrected chi connectivity index (χ3v) is 5.46. The first-order chi connectivity index (χ1) is 11.7. The van der Waals surface area contributed by atoms with Crippen molar-refractivity contribution in [3.8, 4) is 0 Å². The van der Waals surface area contributed by atoms with Crippen molar-refractivity contribution in [2.75, 3.05) is 36.0 Å². The summed E-state index contributed by atoms with van der Waals surface area (Å²) < 4.78 is 1.33. The Bertz CT molecular complexity index is 864. The summed E-state index contributed by atoms with van der Waals surface area (Å²) in [6.45, 7) is 3.81. The highest BCUT2D eigenvalue weighted by Crippen LogP contribution is 2.27. The van der Waals surface area contributed by atoms with Crippen molar-refractivity contribution in [3.05, 3.63) is 59.5 Å². The van der Waals surface area contributed by atoms with Crippen LogP contribution in [-0.2, 0) is 0 Å². The lowest BCUT2D eigenvalue weighted by atomic mass is 10.1. The van der Waals surface area contributed by atoms with E-state index in [1.807, 2.05) is 12.1 Å². The monoisotopic (exact) mass is 338 g/mol. The predicted octanol–water partition coefficient (Wildman–Crippen LogP) is 3.93. The SMILES string of the molecule is O=C(O)c1ccc(N2CCN(c3ccc4sccc4c3)CC2)cc1. The smallest absolute Gasteiger partial charge is 0.335 e. The van der Waals surface area contributed by atoms with Crippen molar-refractivity contribution < 1.29 is 9.90 Å². The molecule has 1 aliphatic rings. The average molecular weight is 338 g/mol. The van der Waals surface area contributed by atoms with Gasteiger partial charge in [-0.15, -0.1) is 11.3 Å². The second-order valence-corrected chi connectivity index (χ2v) is 6.92. The van der Waals surface area contributed by atoms with Gasteiger partial charge >= 0.3 is 5.97 Å². The van der Waals surface area contributed by atoms with Crippen LogP contribution < -0.4 is 9.80 Å². The van der Waals surface area contributed by atoms with E-state index in [0.29, 0.717) is 5.56 Å². The molecule has 0 saturated carbocycles. The lowest BCUT2D eigenvalue weighted by Crippen LogP contribution is -2.46. The normalized spacial score (nSPS) is 15.0. The molecule has 0 unspecified atom stereocenters. The number of anilines is 2. The number of piperazine rings is 1. The average Bonchev–Trinajstić information content (AvgIpc) is 3.09. The molecule has 1 fully saturated rings. The Kier molecular flexibility index (Phi) is 3.86. The second-order valence-electron chi connectivity index (χ2n) is 5.97. The zero-order valence-corrected chi connectivity index (χ0v) is 14.0. The summed E-state index contributed by atoms with van der Waals surface area (Å²) in [4.78, 5) is 15.7. The Balaban J connectivity index is 1.45. The molecule has 122 valence electrons. The van der Waals surface area contributed by atoms with Gasteiger partial charge < -0.3 is 14.9 Å². The van der Waals surface area contributed by atoms with Crippen LogP contribution in [0, 0.1) is 0 Å². The fourth-order valence-corrected chi connectivity index (χ4v) is 3.96. The fourth-order valence-electron chi connectivity index (χ4n) is 3.19. The lowest BCUT2D eigenvalue weighted by molar-refractivity contribution is 0.0697. The highest BCUT2D eigenvalue weighted by molar-refractivity contribution is 7.17. The number of hydrogen-bond donors (Lipinski definition) is 1. The summed E-state index contributed by atoms with van der Waals surface area (Å²) in [5.74, 6) is -0.879. The molecule has 1 aliphatic heterocycles. The molecule has 0 radical (unpaired) electrons. The van der Waals surface area contributed by atoms with Crippen LogP contribution in [0.4, 0.5) is 11.4 Å². The van der Waals surface area contributed by atoms with Gasteiger partial charge in [-0.1, -0.05) is 0 Å². The molecule has 2 aromatic carbocycles. The van der Waals surface area contributed by atoms with Gasteiger partial charge in [0.15, 0.2) is 0 Å². The minimum Gasteiger partial charge on any atom is -0.478 e. The number of rotatable bonds is 3. The molecule has 1 aromatic heterocycles. The maximum atomic E-state index is 10.9. The van der Waals surface area contributed by atoms with Crippen LogP contribution in [-0.4, -0.2) is 37.3 Å². The van der Waals surface area contributed by atoms with E-state index in [4.69, 9.17) is 5.11 Å². The fraction of sp³-hybridized carbons (Fsp3) is 0.211. The lowest BCUT2D eigenvalue weighted by Gasteiger charge is -2.37. The van der Waals surface area contributed by atoms with Crippen LogP contribution >= 0.6 is 11.3 Å². The van der Waals surface area contributed by atoms with Gasteiger partial charge in [-0.3, -0.25) is 0 Å². The van der Waals surface area contributed by atoms with Gasteiger partial charge in [0.25, 0.3) is 0 Å². The molecule has 3 aromatic rings. The summed E-state index contributed by atoms with van der Waals surface area (Å²) in [5.41, 5.74) is 2.70. The maximum absolute atomic E-state index is 10.9. The molecule has 24 heavy (non-hydrogen) atoms. The number of fused-ring (bicyclic) bond motifs is 1. The van der Waals surface area contributed by atoms with Crippen LogP contribution in [0.15, 0.2) is 53.9 Å². The van der Waals surface area contributed by atoms with E-state index in [0.717, 1.165) is 31.9 Å². The minimum absolute atomic E-state index is 0.335. The van der Waals surface area contributed by atoms with Gasteiger partial charge in [-0.25, -0.2) is 4.79 Å². The van der Waals surface area contributed by atoms with Gasteiger partial charge in [0.05, 0.1) is 5.56 Å². The van der Waals surface area contributed by atoms with Crippen molar-refractivity contribution in [3.63, 3.8) is 0 Å². The summed E-state index contributed by atoms with van der Waals surface area (Å²) >= 11 is 1.77. The molecule has 5 heteroatoms. The molecular formula is C19H18N2O2S. The van der Waals surface area contributed by atoms with E-state index in [-0.39, 0.29) is 0 Å². The minimum atomic E-state index is -0.879. The maximum Gasteiger partial charge on any atom is 0.335 e. The molecule has 1 saturated heterocycles. The Morgan fingerprint density at radius 2 is 1.50 bits per heavy atom. The van der Waals surface area contributed by atoms with E-state index < -0.39 is 5.97 Å². The van der Waals surface area contributed by atoms with Crippen LogP contribution in [0.1, 0.15) is 10.4 Å². The molecular weight excluding hydrogens is 320 g/mol. The standard InChI is InChI=1S/C19H18N2O2S/c22-19(23)14-1-3-16(4-2-14)20-8-10-21(11-9-20)17-5-6-18-15(13-17)7-12-24-18/h1-7,12-13H,8-11H2,(H,22,23). The van der Waals surface area contributed by atoms with Gasteiger partial charge in [0, 0.05) is 42.3 Å². The molecule has 4 nitrogen and oxygen atoms in total. The molecule has 2 heterocycles. The second kappa shape index (κ2) is 6.17. The molecule has 4 rings (SSSR count). The number of benzene rings is 2. The number of carboxylic acid groups (broad SMARTS) is 1. The zero-order chi connectivity index (χ0) is 16.5. The first kappa shape index (κ1) is 15.0. The first-order valence-electron chi connectivity index (χ1n) is 8.01. The first-order valence-corrected chi connectivity index (χ1v) is 8.89. The van der Waals surface area contributed by atoms with Gasteiger partial charge in [-0.2, -0.15) is 0 Å². The number of carbonyl (C=O) groups is 1. The van der Waals surface area contributed by atoms with E-state index in [1.165, 1.54) is 15.8 Å². The highest BCUT2D eigenvalue weighted by atomic mass is 32.1. The van der Waals surface area contributed by atoms with E-state index in [2.05, 4.69) is 39.4 Å². The van der Waals surface area contributed by atoms with E-state index in [9.17, 15) is 4.79 Å². The number of nitrogens with zero attached hydrogens (tertiary/aromatic N) is 2. The number of carboxylic acids is 1. The summed E-state index contributed by atoms with van der Waals surface area (Å²) in [6, 6.07) is 16.0. The van der Waals surface area contributed by atoms with Crippen LogP contribution in [0.3, 0.4) is 0 Å². The van der Waals surface area contributed by atoms with E-state index >= 15 is 0 Å². The van der Waals surface area contributed by atoms with Crippen LogP contribution in [0.5, 0.6) is 0 Å². The predicted molar refractivity (Wildman–Crippen MR) is 99.7 cm³/mol. The number of aromatic carboxylic acids is 1. The Hall–Kier alpha value is -2.53. The van der Waals surface area contributed by atoms with Crippen molar-refractivity contribution in [2.24, 2.45) is 0 Å².